The summed E-state index contributed by atoms with van der Waals surface area (Å²) in [5.41, 5.74) is 0.627. The molecule has 2 aromatic rings. The van der Waals surface area contributed by atoms with Crippen molar-refractivity contribution in [1.29, 1.82) is 0 Å². The van der Waals surface area contributed by atoms with Crippen LogP contribution >= 0.6 is 0 Å². The lowest BCUT2D eigenvalue weighted by Crippen LogP contribution is -2.42. The normalized spacial score (nSPS) is 16.8. The first-order chi connectivity index (χ1) is 13.3. The summed E-state index contributed by atoms with van der Waals surface area (Å²) in [4.78, 5) is 15.0. The van der Waals surface area contributed by atoms with E-state index in [-0.39, 0.29) is 5.91 Å². The number of carbonyl (C=O) groups excluding carboxylic acids is 1. The summed E-state index contributed by atoms with van der Waals surface area (Å²) in [7, 11) is 1.96. The number of piperidine rings is 1. The van der Waals surface area contributed by atoms with Crippen LogP contribution in [0.15, 0.2) is 54.6 Å². The molecule has 5 heteroatoms. The number of hydrogen-bond acceptors (Lipinski definition) is 4. The quantitative estimate of drug-likeness (QED) is 0.727. The molecule has 0 aliphatic carbocycles. The van der Waals surface area contributed by atoms with Crippen molar-refractivity contribution in [1.82, 2.24) is 10.2 Å². The Balaban J connectivity index is 1.57. The molecule has 1 saturated heterocycles. The Labute approximate surface area is 161 Å². The van der Waals surface area contributed by atoms with E-state index in [0.717, 1.165) is 31.8 Å². The fourth-order valence-corrected chi connectivity index (χ4v) is 3.47. The first kappa shape index (κ1) is 19.2. The number of likely N-dealkylation sites (tertiary alicyclic amines) is 1. The van der Waals surface area contributed by atoms with Crippen LogP contribution in [-0.4, -0.2) is 50.7 Å². The summed E-state index contributed by atoms with van der Waals surface area (Å²) in [6.45, 7) is 3.37. The van der Waals surface area contributed by atoms with Gasteiger partial charge in [0.15, 0.2) is 0 Å². The van der Waals surface area contributed by atoms with Gasteiger partial charge in [-0.3, -0.25) is 4.79 Å². The maximum atomic E-state index is 13.0. The van der Waals surface area contributed by atoms with Crippen molar-refractivity contribution in [2.24, 2.45) is 5.92 Å². The molecule has 0 aromatic heterocycles. The molecule has 0 radical (unpaired) electrons. The molecule has 1 aliphatic heterocycles. The smallest absolute Gasteiger partial charge is 0.257 e. The van der Waals surface area contributed by atoms with Crippen LogP contribution in [0.25, 0.3) is 0 Å². The SMILES string of the molecule is CNC[C@H]1CCCN(C(=O)c2ccccc2OCCOc2ccccc2)C1. The molecule has 0 unspecified atom stereocenters. The van der Waals surface area contributed by atoms with Gasteiger partial charge >= 0.3 is 0 Å². The monoisotopic (exact) mass is 368 g/mol. The molecule has 1 amide bonds. The van der Waals surface area contributed by atoms with Gasteiger partial charge in [0.05, 0.1) is 5.56 Å². The zero-order valence-electron chi connectivity index (χ0n) is 15.9. The Bertz CT molecular complexity index is 719. The number of hydrogen-bond donors (Lipinski definition) is 1. The van der Waals surface area contributed by atoms with Crippen molar-refractivity contribution in [2.75, 3.05) is 39.9 Å². The van der Waals surface area contributed by atoms with Gasteiger partial charge in [0.1, 0.15) is 24.7 Å². The second-order valence-electron chi connectivity index (χ2n) is 6.82. The predicted octanol–water partition coefficient (Wildman–Crippen LogP) is 3.22. The lowest BCUT2D eigenvalue weighted by molar-refractivity contribution is 0.0669. The van der Waals surface area contributed by atoms with E-state index in [1.165, 1.54) is 6.42 Å². The summed E-state index contributed by atoms with van der Waals surface area (Å²) in [6, 6.07) is 17.1. The van der Waals surface area contributed by atoms with Gasteiger partial charge < -0.3 is 19.7 Å². The summed E-state index contributed by atoms with van der Waals surface area (Å²) in [5, 5.41) is 3.22. The molecular formula is C22H28N2O3. The van der Waals surface area contributed by atoms with E-state index in [1.54, 1.807) is 0 Å². The van der Waals surface area contributed by atoms with Crippen LogP contribution in [0.5, 0.6) is 11.5 Å². The first-order valence-corrected chi connectivity index (χ1v) is 9.61. The van der Waals surface area contributed by atoms with Crippen LogP contribution in [0.4, 0.5) is 0 Å². The Kier molecular flexibility index (Phi) is 7.11. The summed E-state index contributed by atoms with van der Waals surface area (Å²) >= 11 is 0. The molecule has 1 fully saturated rings. The average Bonchev–Trinajstić information content (AvgIpc) is 2.72. The highest BCUT2D eigenvalue weighted by Gasteiger charge is 2.25. The molecule has 1 N–H and O–H groups in total. The topological polar surface area (TPSA) is 50.8 Å². The van der Waals surface area contributed by atoms with Gasteiger partial charge in [-0.05, 0) is 56.6 Å². The minimum Gasteiger partial charge on any atom is -0.490 e. The number of para-hydroxylation sites is 2. The molecule has 0 bridgehead atoms. The molecule has 144 valence electrons. The fourth-order valence-electron chi connectivity index (χ4n) is 3.47. The van der Waals surface area contributed by atoms with Gasteiger partial charge in [-0.15, -0.1) is 0 Å². The van der Waals surface area contributed by atoms with E-state index >= 15 is 0 Å². The van der Waals surface area contributed by atoms with Crippen LogP contribution in [0, 0.1) is 5.92 Å². The average molecular weight is 368 g/mol. The van der Waals surface area contributed by atoms with Gasteiger partial charge in [-0.25, -0.2) is 0 Å². The fraction of sp³-hybridized carbons (Fsp3) is 0.409. The predicted molar refractivity (Wildman–Crippen MR) is 106 cm³/mol. The minimum absolute atomic E-state index is 0.0513. The zero-order chi connectivity index (χ0) is 18.9. The molecule has 1 atom stereocenters. The summed E-state index contributed by atoms with van der Waals surface area (Å²) in [5.74, 6) is 2.00. The Morgan fingerprint density at radius 2 is 1.81 bits per heavy atom. The highest BCUT2D eigenvalue weighted by molar-refractivity contribution is 5.97. The van der Waals surface area contributed by atoms with E-state index in [1.807, 2.05) is 66.5 Å². The summed E-state index contributed by atoms with van der Waals surface area (Å²) < 4.78 is 11.5. The van der Waals surface area contributed by atoms with Crippen molar-refractivity contribution in [3.8, 4) is 11.5 Å². The highest BCUT2D eigenvalue weighted by Crippen LogP contribution is 2.23. The van der Waals surface area contributed by atoms with Crippen LogP contribution in [0.1, 0.15) is 23.2 Å². The van der Waals surface area contributed by atoms with Gasteiger partial charge in [0, 0.05) is 13.1 Å². The van der Waals surface area contributed by atoms with Crippen LogP contribution in [0.2, 0.25) is 0 Å². The largest absolute Gasteiger partial charge is 0.490 e. The van der Waals surface area contributed by atoms with Gasteiger partial charge in [0.25, 0.3) is 5.91 Å². The second kappa shape index (κ2) is 9.97. The van der Waals surface area contributed by atoms with Crippen molar-refractivity contribution < 1.29 is 14.3 Å². The Morgan fingerprint density at radius 1 is 1.07 bits per heavy atom. The molecule has 0 saturated carbocycles. The highest BCUT2D eigenvalue weighted by atomic mass is 16.5. The number of amides is 1. The maximum absolute atomic E-state index is 13.0. The third-order valence-corrected chi connectivity index (χ3v) is 4.77. The number of nitrogens with one attached hydrogen (secondary N) is 1. The molecule has 5 nitrogen and oxygen atoms in total. The second-order valence-corrected chi connectivity index (χ2v) is 6.82. The molecule has 2 aromatic carbocycles. The van der Waals surface area contributed by atoms with Crippen LogP contribution < -0.4 is 14.8 Å². The molecular weight excluding hydrogens is 340 g/mol. The molecule has 0 spiro atoms. The van der Waals surface area contributed by atoms with Gasteiger partial charge in [-0.1, -0.05) is 30.3 Å². The Hall–Kier alpha value is -2.53. The molecule has 3 rings (SSSR count). The number of carbonyl (C=O) groups is 1. The van der Waals surface area contributed by atoms with Crippen LogP contribution in [0.3, 0.4) is 0 Å². The van der Waals surface area contributed by atoms with E-state index in [4.69, 9.17) is 9.47 Å². The van der Waals surface area contributed by atoms with Crippen molar-refractivity contribution in [3.63, 3.8) is 0 Å². The van der Waals surface area contributed by atoms with E-state index in [0.29, 0.717) is 30.4 Å². The molecule has 1 aliphatic rings. The third kappa shape index (κ3) is 5.47. The third-order valence-electron chi connectivity index (χ3n) is 4.77. The number of rotatable bonds is 8. The van der Waals surface area contributed by atoms with Crippen molar-refractivity contribution in [2.45, 2.75) is 12.8 Å². The van der Waals surface area contributed by atoms with Gasteiger partial charge in [-0.2, -0.15) is 0 Å². The minimum atomic E-state index is 0.0513. The first-order valence-electron chi connectivity index (χ1n) is 9.61. The molecule has 27 heavy (non-hydrogen) atoms. The van der Waals surface area contributed by atoms with Crippen LogP contribution in [-0.2, 0) is 0 Å². The molecule has 1 heterocycles. The lowest BCUT2D eigenvalue weighted by Gasteiger charge is -2.33. The zero-order valence-corrected chi connectivity index (χ0v) is 15.9. The number of nitrogens with zero attached hydrogens (tertiary/aromatic N) is 1. The lowest BCUT2D eigenvalue weighted by atomic mass is 9.97. The maximum Gasteiger partial charge on any atom is 0.257 e. The van der Waals surface area contributed by atoms with E-state index in [9.17, 15) is 4.79 Å². The number of benzene rings is 2. The Morgan fingerprint density at radius 3 is 2.63 bits per heavy atom. The van der Waals surface area contributed by atoms with E-state index < -0.39 is 0 Å². The van der Waals surface area contributed by atoms with Gasteiger partial charge in [0.2, 0.25) is 0 Å². The standard InChI is InChI=1S/C22H28N2O3/c1-23-16-18-8-7-13-24(17-18)22(25)20-11-5-6-12-21(20)27-15-14-26-19-9-3-2-4-10-19/h2-6,9-12,18,23H,7-8,13-17H2,1H3/t18-/m1/s1. The summed E-state index contributed by atoms with van der Waals surface area (Å²) in [6.07, 6.45) is 2.21. The number of ether oxygens (including phenoxy) is 2. The van der Waals surface area contributed by atoms with Crippen molar-refractivity contribution in [3.05, 3.63) is 60.2 Å². The van der Waals surface area contributed by atoms with E-state index in [2.05, 4.69) is 5.32 Å². The van der Waals surface area contributed by atoms with Crippen molar-refractivity contribution >= 4 is 5.91 Å².